The van der Waals surface area contributed by atoms with Crippen LogP contribution in [0, 0.1) is 11.2 Å². The van der Waals surface area contributed by atoms with Crippen LogP contribution in [-0.2, 0) is 11.2 Å². The Hall–Kier alpha value is -0.450. The second-order valence-electron chi connectivity index (χ2n) is 5.52. The first-order chi connectivity index (χ1) is 8.63. The van der Waals surface area contributed by atoms with Crippen molar-refractivity contribution in [3.8, 4) is 0 Å². The Morgan fingerprint density at radius 3 is 2.83 bits per heavy atom. The normalized spacial score (nSPS) is 34.2. The fourth-order valence-corrected chi connectivity index (χ4v) is 3.85. The minimum atomic E-state index is -0.218. The molecule has 2 saturated heterocycles. The van der Waals surface area contributed by atoms with Crippen LogP contribution in [0.5, 0.6) is 0 Å². The van der Waals surface area contributed by atoms with E-state index in [2.05, 4.69) is 15.9 Å². The molecule has 0 aliphatic carbocycles. The summed E-state index contributed by atoms with van der Waals surface area (Å²) in [7, 11) is 0. The zero-order chi connectivity index (χ0) is 12.8. The number of ether oxygens (including phenoxy) is 1. The second kappa shape index (κ2) is 4.58. The van der Waals surface area contributed by atoms with Gasteiger partial charge in [0.2, 0.25) is 0 Å². The van der Waals surface area contributed by atoms with E-state index in [-0.39, 0.29) is 17.3 Å². The first-order valence-electron chi connectivity index (χ1n) is 6.42. The molecule has 2 aliphatic rings. The maximum absolute atomic E-state index is 13.2. The number of fused-ring (bicyclic) bond motifs is 2. The predicted molar refractivity (Wildman–Crippen MR) is 71.8 cm³/mol. The molecule has 0 radical (unpaired) electrons. The topological polar surface area (TPSA) is 35.2 Å². The molecule has 3 atom stereocenters. The quantitative estimate of drug-likeness (QED) is 0.931. The van der Waals surface area contributed by atoms with Crippen molar-refractivity contribution in [1.82, 2.24) is 0 Å². The van der Waals surface area contributed by atoms with Gasteiger partial charge in [-0.3, -0.25) is 0 Å². The van der Waals surface area contributed by atoms with Gasteiger partial charge < -0.3 is 10.5 Å². The number of halogens is 2. The maximum atomic E-state index is 13.2. The number of benzene rings is 1. The van der Waals surface area contributed by atoms with E-state index >= 15 is 0 Å². The van der Waals surface area contributed by atoms with Gasteiger partial charge in [-0.25, -0.2) is 4.39 Å². The Morgan fingerprint density at radius 1 is 1.44 bits per heavy atom. The molecule has 4 heteroatoms. The van der Waals surface area contributed by atoms with Gasteiger partial charge in [-0.05, 0) is 59.3 Å². The molecule has 98 valence electrons. The van der Waals surface area contributed by atoms with Crippen LogP contribution in [0.25, 0.3) is 0 Å². The van der Waals surface area contributed by atoms with Crippen molar-refractivity contribution >= 4 is 15.9 Å². The van der Waals surface area contributed by atoms with Gasteiger partial charge >= 0.3 is 0 Å². The molecule has 0 saturated carbocycles. The number of nitrogens with two attached hydrogens (primary N) is 1. The first-order valence-corrected chi connectivity index (χ1v) is 7.22. The highest BCUT2D eigenvalue weighted by Gasteiger charge is 2.51. The van der Waals surface area contributed by atoms with Gasteiger partial charge in [-0.1, -0.05) is 6.07 Å². The van der Waals surface area contributed by atoms with Gasteiger partial charge in [0.05, 0.1) is 16.7 Å². The molecule has 2 N–H and O–H groups in total. The number of rotatable bonds is 3. The second-order valence-corrected chi connectivity index (χ2v) is 6.37. The lowest BCUT2D eigenvalue weighted by atomic mass is 9.70. The van der Waals surface area contributed by atoms with Gasteiger partial charge in [0, 0.05) is 12.0 Å². The molecule has 2 heterocycles. The molecule has 2 fully saturated rings. The highest BCUT2D eigenvalue weighted by Crippen LogP contribution is 2.49. The summed E-state index contributed by atoms with van der Waals surface area (Å²) in [5, 5.41) is 0. The molecular formula is C14H17BrFNO. The van der Waals surface area contributed by atoms with Crippen LogP contribution in [0.4, 0.5) is 4.39 Å². The monoisotopic (exact) mass is 313 g/mol. The van der Waals surface area contributed by atoms with E-state index in [4.69, 9.17) is 10.5 Å². The molecule has 0 amide bonds. The molecule has 0 spiro atoms. The molecule has 3 rings (SSSR count). The molecule has 2 nitrogen and oxygen atoms in total. The third-order valence-corrected chi connectivity index (χ3v) is 4.98. The molecule has 3 unspecified atom stereocenters. The standard InChI is InChI=1S/C14H17BrFNO/c15-11-5-9(1-3-12(11)16)6-14(8-17)7-10-2-4-13(14)18-10/h1,3,5,10,13H,2,4,6-8,17H2. The minimum absolute atomic E-state index is 0.0557. The molecule has 1 aromatic carbocycles. The summed E-state index contributed by atoms with van der Waals surface area (Å²) in [6.45, 7) is 0.642. The summed E-state index contributed by atoms with van der Waals surface area (Å²) in [5.74, 6) is -0.218. The van der Waals surface area contributed by atoms with Crippen molar-refractivity contribution in [3.05, 3.63) is 34.1 Å². The van der Waals surface area contributed by atoms with Crippen LogP contribution in [0.15, 0.2) is 22.7 Å². The van der Waals surface area contributed by atoms with Crippen LogP contribution in [-0.4, -0.2) is 18.8 Å². The average molecular weight is 314 g/mol. The summed E-state index contributed by atoms with van der Waals surface area (Å²) in [5.41, 5.74) is 7.19. The van der Waals surface area contributed by atoms with Gasteiger partial charge in [0.25, 0.3) is 0 Å². The summed E-state index contributed by atoms with van der Waals surface area (Å²) in [4.78, 5) is 0. The summed E-state index contributed by atoms with van der Waals surface area (Å²) >= 11 is 3.24. The first kappa shape index (κ1) is 12.6. The number of hydrogen-bond donors (Lipinski definition) is 1. The Kier molecular flexibility index (Phi) is 3.20. The van der Waals surface area contributed by atoms with Gasteiger partial charge in [0.1, 0.15) is 5.82 Å². The van der Waals surface area contributed by atoms with Crippen molar-refractivity contribution < 1.29 is 9.13 Å². The predicted octanol–water partition coefficient (Wildman–Crippen LogP) is 3.03. The van der Waals surface area contributed by atoms with E-state index in [9.17, 15) is 4.39 Å². The van der Waals surface area contributed by atoms with Crippen LogP contribution >= 0.6 is 15.9 Å². The number of hydrogen-bond acceptors (Lipinski definition) is 2. The summed E-state index contributed by atoms with van der Waals surface area (Å²) in [6, 6.07) is 5.22. The van der Waals surface area contributed by atoms with E-state index in [1.54, 1.807) is 0 Å². The van der Waals surface area contributed by atoms with E-state index in [1.807, 2.05) is 12.1 Å². The maximum Gasteiger partial charge on any atom is 0.137 e. The van der Waals surface area contributed by atoms with E-state index < -0.39 is 0 Å². The summed E-state index contributed by atoms with van der Waals surface area (Å²) in [6.07, 6.45) is 4.88. The molecule has 1 aromatic rings. The highest BCUT2D eigenvalue weighted by atomic mass is 79.9. The zero-order valence-electron chi connectivity index (χ0n) is 10.2. The van der Waals surface area contributed by atoms with Crippen molar-refractivity contribution in [1.29, 1.82) is 0 Å². The van der Waals surface area contributed by atoms with Crippen molar-refractivity contribution in [2.24, 2.45) is 11.1 Å². The van der Waals surface area contributed by atoms with E-state index in [0.29, 0.717) is 17.1 Å². The third kappa shape index (κ3) is 2.00. The molecular weight excluding hydrogens is 297 g/mol. The van der Waals surface area contributed by atoms with E-state index in [0.717, 1.165) is 24.8 Å². The molecule has 18 heavy (non-hydrogen) atoms. The lowest BCUT2D eigenvalue weighted by Gasteiger charge is -2.34. The Balaban J connectivity index is 1.84. The zero-order valence-corrected chi connectivity index (χ0v) is 11.7. The summed E-state index contributed by atoms with van der Waals surface area (Å²) < 4.78 is 19.7. The van der Waals surface area contributed by atoms with Gasteiger partial charge in [-0.2, -0.15) is 0 Å². The fourth-order valence-electron chi connectivity index (χ4n) is 3.42. The van der Waals surface area contributed by atoms with E-state index in [1.165, 1.54) is 12.5 Å². The van der Waals surface area contributed by atoms with Crippen LogP contribution in [0.2, 0.25) is 0 Å². The lowest BCUT2D eigenvalue weighted by Crippen LogP contribution is -2.41. The Morgan fingerprint density at radius 2 is 2.28 bits per heavy atom. The van der Waals surface area contributed by atoms with Crippen LogP contribution < -0.4 is 5.73 Å². The van der Waals surface area contributed by atoms with Crippen molar-refractivity contribution in [2.75, 3.05) is 6.54 Å². The van der Waals surface area contributed by atoms with Crippen LogP contribution in [0.1, 0.15) is 24.8 Å². The lowest BCUT2D eigenvalue weighted by molar-refractivity contribution is 0.0636. The third-order valence-electron chi connectivity index (χ3n) is 4.37. The molecule has 0 aromatic heterocycles. The highest BCUT2D eigenvalue weighted by molar-refractivity contribution is 9.10. The van der Waals surface area contributed by atoms with Gasteiger partial charge in [0.15, 0.2) is 0 Å². The van der Waals surface area contributed by atoms with Crippen molar-refractivity contribution in [3.63, 3.8) is 0 Å². The molecule has 2 aliphatic heterocycles. The SMILES string of the molecule is NCC1(Cc2ccc(F)c(Br)c2)CC2CCC1O2. The largest absolute Gasteiger partial charge is 0.374 e. The Labute approximate surface area is 115 Å². The van der Waals surface area contributed by atoms with Crippen molar-refractivity contribution in [2.45, 2.75) is 37.9 Å². The smallest absolute Gasteiger partial charge is 0.137 e. The fraction of sp³-hybridized carbons (Fsp3) is 0.571. The van der Waals surface area contributed by atoms with Crippen LogP contribution in [0.3, 0.4) is 0 Å². The Bertz CT molecular complexity index is 467. The molecule has 2 bridgehead atoms. The average Bonchev–Trinajstić information content (AvgIpc) is 2.94. The minimum Gasteiger partial charge on any atom is -0.374 e. The van der Waals surface area contributed by atoms with Gasteiger partial charge in [-0.15, -0.1) is 0 Å².